The summed E-state index contributed by atoms with van der Waals surface area (Å²) in [7, 11) is 2.11. The Morgan fingerprint density at radius 1 is 1.29 bits per heavy atom. The Labute approximate surface area is 129 Å². The van der Waals surface area contributed by atoms with Crippen LogP contribution in [0, 0.1) is 6.92 Å². The molecule has 0 unspecified atom stereocenters. The SMILES string of the molecule is Bc1ccc(-c2cc3sc(C(=O)CCC)cc3[nH]2)c(C)c1. The molecule has 106 valence electrons. The highest BCUT2D eigenvalue weighted by Crippen LogP contribution is 2.32. The molecule has 2 aromatic heterocycles. The third-order valence-electron chi connectivity index (χ3n) is 3.73. The van der Waals surface area contributed by atoms with Crippen molar-refractivity contribution in [1.82, 2.24) is 4.98 Å². The molecule has 0 radical (unpaired) electrons. The second kappa shape index (κ2) is 5.53. The van der Waals surface area contributed by atoms with Gasteiger partial charge in [-0.25, -0.2) is 0 Å². The highest BCUT2D eigenvalue weighted by atomic mass is 32.1. The van der Waals surface area contributed by atoms with Gasteiger partial charge in [-0.3, -0.25) is 4.79 Å². The number of aryl methyl sites for hydroxylation is 1. The maximum atomic E-state index is 12.0. The summed E-state index contributed by atoms with van der Waals surface area (Å²) >= 11 is 1.59. The van der Waals surface area contributed by atoms with Gasteiger partial charge < -0.3 is 4.98 Å². The first-order chi connectivity index (χ1) is 10.1. The molecule has 0 saturated heterocycles. The molecule has 1 N–H and O–H groups in total. The Balaban J connectivity index is 1.99. The normalized spacial score (nSPS) is 11.1. The molecule has 21 heavy (non-hydrogen) atoms. The summed E-state index contributed by atoms with van der Waals surface area (Å²) in [4.78, 5) is 16.3. The number of carbonyl (C=O) groups is 1. The Morgan fingerprint density at radius 3 is 2.76 bits per heavy atom. The third kappa shape index (κ3) is 2.68. The molecule has 2 nitrogen and oxygen atoms in total. The standard InChI is InChI=1S/C17H18BNOS/c1-3-4-15(20)17-9-14-16(21-17)8-13(19-14)12-6-5-11(18)7-10(12)2/h5-9,19H,3-4,18H2,1-2H3. The van der Waals surface area contributed by atoms with Crippen LogP contribution in [0.4, 0.5) is 0 Å². The molecular formula is C17H18BNOS. The summed E-state index contributed by atoms with van der Waals surface area (Å²) in [5, 5.41) is 0. The minimum Gasteiger partial charge on any atom is -0.354 e. The maximum absolute atomic E-state index is 12.0. The number of rotatable bonds is 4. The van der Waals surface area contributed by atoms with Gasteiger partial charge in [-0.15, -0.1) is 11.3 Å². The average Bonchev–Trinajstić information content (AvgIpc) is 2.97. The van der Waals surface area contributed by atoms with Gasteiger partial charge in [0.05, 0.1) is 15.1 Å². The first-order valence-electron chi connectivity index (χ1n) is 7.32. The van der Waals surface area contributed by atoms with Gasteiger partial charge in [0, 0.05) is 17.7 Å². The monoisotopic (exact) mass is 295 g/mol. The second-order valence-corrected chi connectivity index (χ2v) is 6.65. The fraction of sp³-hybridized carbons (Fsp3) is 0.235. The molecule has 0 spiro atoms. The molecule has 4 heteroatoms. The lowest BCUT2D eigenvalue weighted by Gasteiger charge is -2.04. The van der Waals surface area contributed by atoms with Gasteiger partial charge >= 0.3 is 0 Å². The minimum atomic E-state index is 0.250. The molecule has 0 aliphatic heterocycles. The van der Waals surface area contributed by atoms with Crippen molar-refractivity contribution in [2.24, 2.45) is 0 Å². The largest absolute Gasteiger partial charge is 0.354 e. The number of Topliss-reactive ketones (excluding diaryl/α,β-unsaturated/α-hetero) is 1. The molecule has 3 rings (SSSR count). The summed E-state index contributed by atoms with van der Waals surface area (Å²) in [5.41, 5.74) is 5.96. The minimum absolute atomic E-state index is 0.250. The van der Waals surface area contributed by atoms with Gasteiger partial charge in [0.25, 0.3) is 0 Å². The Bertz CT molecular complexity index is 784. The van der Waals surface area contributed by atoms with Crippen molar-refractivity contribution < 1.29 is 4.79 Å². The van der Waals surface area contributed by atoms with E-state index in [0.29, 0.717) is 6.42 Å². The van der Waals surface area contributed by atoms with E-state index in [-0.39, 0.29) is 5.78 Å². The van der Waals surface area contributed by atoms with Gasteiger partial charge in [0.15, 0.2) is 5.78 Å². The molecule has 0 aliphatic carbocycles. The molecule has 1 aromatic carbocycles. The van der Waals surface area contributed by atoms with Crippen LogP contribution in [-0.2, 0) is 0 Å². The average molecular weight is 295 g/mol. The summed E-state index contributed by atoms with van der Waals surface area (Å²) in [6, 6.07) is 10.6. The smallest absolute Gasteiger partial charge is 0.172 e. The number of hydrogen-bond donors (Lipinski definition) is 1. The van der Waals surface area contributed by atoms with Gasteiger partial charge in [-0.1, -0.05) is 30.6 Å². The van der Waals surface area contributed by atoms with Crippen LogP contribution < -0.4 is 5.46 Å². The van der Waals surface area contributed by atoms with Crippen molar-refractivity contribution in [2.75, 3.05) is 0 Å². The molecule has 0 saturated carbocycles. The number of fused-ring (bicyclic) bond motifs is 1. The highest BCUT2D eigenvalue weighted by Gasteiger charge is 2.13. The fourth-order valence-electron chi connectivity index (χ4n) is 2.67. The third-order valence-corrected chi connectivity index (χ3v) is 4.85. The molecule has 0 fully saturated rings. The Hall–Kier alpha value is -1.81. The fourth-order valence-corrected chi connectivity index (χ4v) is 3.70. The number of aromatic amines is 1. The number of ketones is 1. The highest BCUT2D eigenvalue weighted by molar-refractivity contribution is 7.20. The number of nitrogens with one attached hydrogen (secondary N) is 1. The van der Waals surface area contributed by atoms with Crippen molar-refractivity contribution >= 4 is 40.6 Å². The van der Waals surface area contributed by atoms with E-state index in [0.717, 1.165) is 27.2 Å². The number of thiophene rings is 1. The summed E-state index contributed by atoms with van der Waals surface area (Å²) < 4.78 is 1.16. The molecule has 3 aromatic rings. The zero-order valence-corrected chi connectivity index (χ0v) is 13.4. The van der Waals surface area contributed by atoms with Crippen molar-refractivity contribution in [3.8, 4) is 11.3 Å². The molecule has 0 bridgehead atoms. The zero-order chi connectivity index (χ0) is 15.0. The van der Waals surface area contributed by atoms with Crippen LogP contribution in [0.2, 0.25) is 0 Å². The maximum Gasteiger partial charge on any atom is 0.172 e. The van der Waals surface area contributed by atoms with E-state index in [2.05, 4.69) is 44.0 Å². The van der Waals surface area contributed by atoms with E-state index < -0.39 is 0 Å². The van der Waals surface area contributed by atoms with Crippen LogP contribution in [0.25, 0.3) is 21.5 Å². The number of aromatic nitrogens is 1. The number of benzene rings is 1. The van der Waals surface area contributed by atoms with Gasteiger partial charge in [0.1, 0.15) is 7.85 Å². The van der Waals surface area contributed by atoms with Crippen molar-refractivity contribution in [1.29, 1.82) is 0 Å². The predicted octanol–water partition coefficient (Wildman–Crippen LogP) is 3.45. The predicted molar refractivity (Wildman–Crippen MR) is 93.8 cm³/mol. The lowest BCUT2D eigenvalue weighted by molar-refractivity contribution is 0.0985. The van der Waals surface area contributed by atoms with Gasteiger partial charge in [0.2, 0.25) is 0 Å². The van der Waals surface area contributed by atoms with Crippen molar-refractivity contribution in [3.63, 3.8) is 0 Å². The molecule has 0 aliphatic rings. The molecule has 0 atom stereocenters. The summed E-state index contributed by atoms with van der Waals surface area (Å²) in [6.07, 6.45) is 1.53. The first kappa shape index (κ1) is 14.1. The summed E-state index contributed by atoms with van der Waals surface area (Å²) in [6.45, 7) is 4.17. The van der Waals surface area contributed by atoms with Gasteiger partial charge in [-0.05, 0) is 31.0 Å². The first-order valence-corrected chi connectivity index (χ1v) is 8.13. The van der Waals surface area contributed by atoms with Crippen molar-refractivity contribution in [2.45, 2.75) is 26.7 Å². The molecular weight excluding hydrogens is 277 g/mol. The van der Waals surface area contributed by atoms with E-state index in [1.165, 1.54) is 16.6 Å². The quantitative estimate of drug-likeness (QED) is 0.580. The number of H-pyrrole nitrogens is 1. The lowest BCUT2D eigenvalue weighted by Crippen LogP contribution is -2.02. The van der Waals surface area contributed by atoms with Crippen LogP contribution in [0.1, 0.15) is 35.0 Å². The molecule has 2 heterocycles. The molecule has 0 amide bonds. The topological polar surface area (TPSA) is 32.9 Å². The van der Waals surface area contributed by atoms with Gasteiger partial charge in [-0.2, -0.15) is 0 Å². The van der Waals surface area contributed by atoms with Crippen LogP contribution >= 0.6 is 11.3 Å². The van der Waals surface area contributed by atoms with E-state index in [9.17, 15) is 4.79 Å². The Morgan fingerprint density at radius 2 is 2.10 bits per heavy atom. The van der Waals surface area contributed by atoms with Crippen LogP contribution in [0.15, 0.2) is 30.3 Å². The number of hydrogen-bond acceptors (Lipinski definition) is 2. The van der Waals surface area contributed by atoms with Crippen molar-refractivity contribution in [3.05, 3.63) is 40.8 Å². The number of carbonyl (C=O) groups excluding carboxylic acids is 1. The van der Waals surface area contributed by atoms with Crippen LogP contribution in [-0.4, -0.2) is 18.6 Å². The van der Waals surface area contributed by atoms with E-state index in [4.69, 9.17) is 0 Å². The van der Waals surface area contributed by atoms with E-state index in [1.54, 1.807) is 11.3 Å². The zero-order valence-electron chi connectivity index (χ0n) is 12.6. The second-order valence-electron chi connectivity index (χ2n) is 5.56. The lowest BCUT2D eigenvalue weighted by atomic mass is 9.92. The Kier molecular flexibility index (Phi) is 3.72. The van der Waals surface area contributed by atoms with E-state index in [1.807, 2.05) is 13.0 Å². The van der Waals surface area contributed by atoms with Crippen LogP contribution in [0.5, 0.6) is 0 Å². The summed E-state index contributed by atoms with van der Waals surface area (Å²) in [5.74, 6) is 0.250. The van der Waals surface area contributed by atoms with E-state index >= 15 is 0 Å². The van der Waals surface area contributed by atoms with Crippen LogP contribution in [0.3, 0.4) is 0 Å².